The number of nitrogens with zero attached hydrogens (tertiary/aromatic N) is 2. The van der Waals surface area contributed by atoms with Gasteiger partial charge in [-0.15, -0.1) is 0 Å². The van der Waals surface area contributed by atoms with Crippen LogP contribution >= 0.6 is 11.6 Å². The number of nitrogens with two attached hydrogens (primary N) is 2. The summed E-state index contributed by atoms with van der Waals surface area (Å²) in [5, 5.41) is 2.25. The van der Waals surface area contributed by atoms with Crippen LogP contribution in [0.15, 0.2) is 30.5 Å². The highest BCUT2D eigenvalue weighted by atomic mass is 35.5. The average molecular weight is 303 g/mol. The van der Waals surface area contributed by atoms with Crippen LogP contribution in [0.2, 0.25) is 5.02 Å². The molecule has 4 N–H and O–H groups in total. The van der Waals surface area contributed by atoms with Crippen molar-refractivity contribution in [3.05, 3.63) is 41.2 Å². The number of hydrogen-bond donors (Lipinski definition) is 2. The van der Waals surface area contributed by atoms with Crippen LogP contribution in [0.5, 0.6) is 0 Å². The molecule has 3 rings (SSSR count). The Hall–Kier alpha value is -1.78. The minimum absolute atomic E-state index is 0.534. The fourth-order valence-electron chi connectivity index (χ4n) is 2.45. The number of hydrazine groups is 1. The first-order chi connectivity index (χ1) is 10.1. The highest BCUT2D eigenvalue weighted by Crippen LogP contribution is 2.39. The number of rotatable bonds is 4. The van der Waals surface area contributed by atoms with Crippen LogP contribution in [0, 0.1) is 12.8 Å². The Morgan fingerprint density at radius 1 is 1.33 bits per heavy atom. The summed E-state index contributed by atoms with van der Waals surface area (Å²) in [5.74, 6) is 6.79. The molecule has 0 amide bonds. The summed E-state index contributed by atoms with van der Waals surface area (Å²) in [7, 11) is 0. The molecule has 0 atom stereocenters. The number of nitrogen functional groups attached to an aromatic ring is 1. The Kier molecular flexibility index (Phi) is 3.74. The van der Waals surface area contributed by atoms with Gasteiger partial charge in [0.05, 0.1) is 16.4 Å². The molecule has 0 bridgehead atoms. The van der Waals surface area contributed by atoms with E-state index in [1.165, 1.54) is 12.8 Å². The third-order valence-electron chi connectivity index (χ3n) is 3.83. The lowest BCUT2D eigenvalue weighted by atomic mass is 10.0. The van der Waals surface area contributed by atoms with Gasteiger partial charge in [0.1, 0.15) is 0 Å². The largest absolute Gasteiger partial charge is 0.396 e. The van der Waals surface area contributed by atoms with Crippen molar-refractivity contribution >= 4 is 23.0 Å². The van der Waals surface area contributed by atoms with Gasteiger partial charge in [0, 0.05) is 24.0 Å². The van der Waals surface area contributed by atoms with E-state index in [1.807, 2.05) is 31.2 Å². The second-order valence-corrected chi connectivity index (χ2v) is 6.02. The first kappa shape index (κ1) is 14.2. The molecule has 2 aromatic rings. The van der Waals surface area contributed by atoms with Crippen molar-refractivity contribution in [3.8, 4) is 11.1 Å². The Labute approximate surface area is 129 Å². The van der Waals surface area contributed by atoms with E-state index in [2.05, 4.69) is 4.98 Å². The van der Waals surface area contributed by atoms with Gasteiger partial charge in [0.25, 0.3) is 0 Å². The van der Waals surface area contributed by atoms with Gasteiger partial charge in [-0.25, -0.2) is 5.84 Å². The summed E-state index contributed by atoms with van der Waals surface area (Å²) in [5.41, 5.74) is 10.4. The third kappa shape index (κ3) is 2.96. The van der Waals surface area contributed by atoms with Crippen molar-refractivity contribution in [2.75, 3.05) is 17.3 Å². The topological polar surface area (TPSA) is 68.2 Å². The maximum absolute atomic E-state index is 6.45. The van der Waals surface area contributed by atoms with Gasteiger partial charge in [0.2, 0.25) is 0 Å². The maximum atomic E-state index is 6.45. The highest BCUT2D eigenvalue weighted by Gasteiger charge is 2.24. The van der Waals surface area contributed by atoms with Crippen molar-refractivity contribution in [3.63, 3.8) is 0 Å². The van der Waals surface area contributed by atoms with Crippen LogP contribution in [0.25, 0.3) is 11.1 Å². The molecule has 0 spiro atoms. The predicted octanol–water partition coefficient (Wildman–Crippen LogP) is 3.38. The number of pyridine rings is 1. The lowest BCUT2D eigenvalue weighted by Gasteiger charge is -2.22. The minimum atomic E-state index is 0.534. The number of aryl methyl sites for hydroxylation is 1. The molecule has 1 aromatic carbocycles. The molecule has 1 heterocycles. The van der Waals surface area contributed by atoms with Gasteiger partial charge < -0.3 is 10.7 Å². The molecular weight excluding hydrogens is 284 g/mol. The first-order valence-corrected chi connectivity index (χ1v) is 7.47. The molecule has 1 fully saturated rings. The number of anilines is 2. The molecule has 1 aliphatic rings. The molecule has 5 heteroatoms. The van der Waals surface area contributed by atoms with E-state index in [-0.39, 0.29) is 0 Å². The minimum Gasteiger partial charge on any atom is -0.396 e. The van der Waals surface area contributed by atoms with Crippen molar-refractivity contribution in [2.24, 2.45) is 11.8 Å². The molecular formula is C16H19ClN4. The zero-order valence-corrected chi connectivity index (χ0v) is 12.8. The normalized spacial score (nSPS) is 14.2. The van der Waals surface area contributed by atoms with Crippen LogP contribution < -0.4 is 16.6 Å². The molecule has 1 aromatic heterocycles. The van der Waals surface area contributed by atoms with Gasteiger partial charge >= 0.3 is 0 Å². The Bertz CT molecular complexity index is 667. The summed E-state index contributed by atoms with van der Waals surface area (Å²) in [4.78, 5) is 4.20. The molecule has 21 heavy (non-hydrogen) atoms. The molecule has 0 aliphatic heterocycles. The van der Waals surface area contributed by atoms with Crippen molar-refractivity contribution < 1.29 is 0 Å². The molecule has 1 saturated carbocycles. The molecule has 0 unspecified atom stereocenters. The van der Waals surface area contributed by atoms with Crippen LogP contribution in [0.4, 0.5) is 11.4 Å². The summed E-state index contributed by atoms with van der Waals surface area (Å²) in [6.45, 7) is 2.78. The molecule has 0 saturated heterocycles. The maximum Gasteiger partial charge on any atom is 0.0762 e. The van der Waals surface area contributed by atoms with E-state index in [0.717, 1.165) is 29.1 Å². The van der Waals surface area contributed by atoms with E-state index < -0.39 is 0 Å². The summed E-state index contributed by atoms with van der Waals surface area (Å²) in [6.07, 6.45) is 4.26. The number of aromatic nitrogens is 1. The fourth-order valence-corrected chi connectivity index (χ4v) is 2.72. The van der Waals surface area contributed by atoms with Crippen LogP contribution in [0.3, 0.4) is 0 Å². The zero-order chi connectivity index (χ0) is 15.0. The Balaban J connectivity index is 1.95. The second kappa shape index (κ2) is 5.54. The smallest absolute Gasteiger partial charge is 0.0762 e. The van der Waals surface area contributed by atoms with Crippen molar-refractivity contribution in [1.82, 2.24) is 4.98 Å². The lowest BCUT2D eigenvalue weighted by Crippen LogP contribution is -2.33. The molecule has 1 aliphatic carbocycles. The van der Waals surface area contributed by atoms with E-state index >= 15 is 0 Å². The lowest BCUT2D eigenvalue weighted by molar-refractivity contribution is 0.751. The van der Waals surface area contributed by atoms with Gasteiger partial charge in [-0.1, -0.05) is 17.7 Å². The summed E-state index contributed by atoms with van der Waals surface area (Å²) >= 11 is 6.45. The van der Waals surface area contributed by atoms with E-state index in [1.54, 1.807) is 11.2 Å². The van der Waals surface area contributed by atoms with Crippen LogP contribution in [-0.4, -0.2) is 11.5 Å². The fraction of sp³-hybridized carbons (Fsp3) is 0.312. The SMILES string of the molecule is Cc1cc(-c2ccc(N(N)CC3CC3)c(N)c2Cl)ccn1. The Morgan fingerprint density at radius 3 is 2.76 bits per heavy atom. The second-order valence-electron chi connectivity index (χ2n) is 5.64. The third-order valence-corrected chi connectivity index (χ3v) is 4.23. The first-order valence-electron chi connectivity index (χ1n) is 7.09. The van der Waals surface area contributed by atoms with E-state index in [9.17, 15) is 0 Å². The number of halogens is 1. The van der Waals surface area contributed by atoms with Crippen molar-refractivity contribution in [2.45, 2.75) is 19.8 Å². The Morgan fingerprint density at radius 2 is 2.10 bits per heavy atom. The van der Waals surface area contributed by atoms with Gasteiger partial charge in [-0.3, -0.25) is 4.98 Å². The number of benzene rings is 1. The molecule has 4 nitrogen and oxygen atoms in total. The molecule has 0 radical (unpaired) electrons. The standard InChI is InChI=1S/C16H19ClN4/c1-10-8-12(6-7-20-10)13-4-5-14(16(18)15(13)17)21(19)9-11-2-3-11/h4-8,11H,2-3,9,18-19H2,1H3. The monoisotopic (exact) mass is 302 g/mol. The van der Waals surface area contributed by atoms with E-state index in [4.69, 9.17) is 23.2 Å². The van der Waals surface area contributed by atoms with Crippen LogP contribution in [-0.2, 0) is 0 Å². The predicted molar refractivity (Wildman–Crippen MR) is 88.1 cm³/mol. The quantitative estimate of drug-likeness (QED) is 0.516. The number of hydrogen-bond acceptors (Lipinski definition) is 4. The van der Waals surface area contributed by atoms with Crippen LogP contribution in [0.1, 0.15) is 18.5 Å². The van der Waals surface area contributed by atoms with E-state index in [0.29, 0.717) is 16.6 Å². The van der Waals surface area contributed by atoms with Crippen molar-refractivity contribution in [1.29, 1.82) is 0 Å². The highest BCUT2D eigenvalue weighted by molar-refractivity contribution is 6.36. The van der Waals surface area contributed by atoms with Gasteiger partial charge in [-0.05, 0) is 49.4 Å². The van der Waals surface area contributed by atoms with Gasteiger partial charge in [0.15, 0.2) is 0 Å². The van der Waals surface area contributed by atoms with Gasteiger partial charge in [-0.2, -0.15) is 0 Å². The summed E-state index contributed by atoms with van der Waals surface area (Å²) in [6, 6.07) is 7.83. The average Bonchev–Trinajstić information content (AvgIpc) is 3.25. The zero-order valence-electron chi connectivity index (χ0n) is 12.0. The summed E-state index contributed by atoms with van der Waals surface area (Å²) < 4.78 is 0. The molecule has 110 valence electrons.